The van der Waals surface area contributed by atoms with E-state index in [0.29, 0.717) is 0 Å². The van der Waals surface area contributed by atoms with Crippen LogP contribution in [0, 0.1) is 5.92 Å². The lowest BCUT2D eigenvalue weighted by Gasteiger charge is -2.39. The fourth-order valence-electron chi connectivity index (χ4n) is 5.36. The topological polar surface area (TPSA) is 26.0 Å². The molecule has 2 N–H and O–H groups in total. The quantitative estimate of drug-likeness (QED) is 0.141. The lowest BCUT2D eigenvalue weighted by molar-refractivity contribution is 0.189. The van der Waals surface area contributed by atoms with E-state index in [-0.39, 0.29) is 5.54 Å². The smallest absolute Gasteiger partial charge is 0.0182 e. The Balaban J connectivity index is 4.86. The van der Waals surface area contributed by atoms with Crippen molar-refractivity contribution in [2.45, 2.75) is 187 Å². The number of hydrogen-bond donors (Lipinski definition) is 1. The minimum absolute atomic E-state index is 0.105. The maximum absolute atomic E-state index is 7.35. The molecule has 0 rings (SSSR count). The van der Waals surface area contributed by atoms with E-state index in [2.05, 4.69) is 27.7 Å². The van der Waals surface area contributed by atoms with E-state index >= 15 is 0 Å². The predicted octanol–water partition coefficient (Wildman–Crippen LogP) is 10.7. The van der Waals surface area contributed by atoms with E-state index in [4.69, 9.17) is 5.73 Å². The summed E-state index contributed by atoms with van der Waals surface area (Å²) < 4.78 is 0. The molecule has 0 fully saturated rings. The molecular weight excluding hydrogens is 374 g/mol. The third-order valence-corrected chi connectivity index (χ3v) is 7.62. The molecule has 0 saturated heterocycles. The van der Waals surface area contributed by atoms with Crippen molar-refractivity contribution in [2.24, 2.45) is 11.7 Å². The van der Waals surface area contributed by atoms with Gasteiger partial charge in [0.05, 0.1) is 0 Å². The van der Waals surface area contributed by atoms with E-state index in [0.717, 1.165) is 5.92 Å². The zero-order chi connectivity index (χ0) is 23.0. The lowest BCUT2D eigenvalue weighted by Crippen LogP contribution is -2.47. The molecule has 0 aromatic carbocycles. The Bertz CT molecular complexity index is 309. The highest BCUT2D eigenvalue weighted by Crippen LogP contribution is 2.35. The molecule has 0 amide bonds. The van der Waals surface area contributed by atoms with E-state index in [1.54, 1.807) is 0 Å². The SMILES string of the molecule is CCCCCCCC(CCCCCCC)C(N)(CCCCCCC)CCCCCCC. The molecule has 1 nitrogen and oxygen atoms in total. The van der Waals surface area contributed by atoms with Gasteiger partial charge in [0.25, 0.3) is 0 Å². The molecule has 31 heavy (non-hydrogen) atoms. The van der Waals surface area contributed by atoms with Crippen molar-refractivity contribution in [3.05, 3.63) is 0 Å². The van der Waals surface area contributed by atoms with Crippen molar-refractivity contribution in [3.63, 3.8) is 0 Å². The van der Waals surface area contributed by atoms with Crippen molar-refractivity contribution in [2.75, 3.05) is 0 Å². The van der Waals surface area contributed by atoms with Gasteiger partial charge in [0, 0.05) is 5.54 Å². The third-order valence-electron chi connectivity index (χ3n) is 7.62. The van der Waals surface area contributed by atoms with Gasteiger partial charge in [-0.05, 0) is 31.6 Å². The molecular formula is C30H63N. The van der Waals surface area contributed by atoms with Crippen molar-refractivity contribution in [1.82, 2.24) is 0 Å². The predicted molar refractivity (Wildman–Crippen MR) is 144 cm³/mol. The highest BCUT2D eigenvalue weighted by molar-refractivity contribution is 4.91. The van der Waals surface area contributed by atoms with E-state index < -0.39 is 0 Å². The fourth-order valence-corrected chi connectivity index (χ4v) is 5.36. The van der Waals surface area contributed by atoms with Crippen LogP contribution in [0.3, 0.4) is 0 Å². The monoisotopic (exact) mass is 437 g/mol. The minimum Gasteiger partial charge on any atom is -0.325 e. The van der Waals surface area contributed by atoms with Gasteiger partial charge in [0.15, 0.2) is 0 Å². The summed E-state index contributed by atoms with van der Waals surface area (Å²) in [5, 5.41) is 0. The zero-order valence-corrected chi connectivity index (χ0v) is 22.6. The van der Waals surface area contributed by atoms with Gasteiger partial charge in [-0.3, -0.25) is 0 Å². The standard InChI is InChI=1S/C30H63N/c1-5-9-13-17-21-25-29(26-22-18-14-10-6-2)30(31,27-23-19-15-11-7-3)28-24-20-16-12-8-4/h29H,5-28,31H2,1-4H3. The Morgan fingerprint density at radius 2 is 0.710 bits per heavy atom. The lowest BCUT2D eigenvalue weighted by atomic mass is 9.72. The summed E-state index contributed by atoms with van der Waals surface area (Å²) in [5.74, 6) is 0.758. The number of nitrogens with two attached hydrogens (primary N) is 1. The molecule has 0 aliphatic heterocycles. The maximum Gasteiger partial charge on any atom is 0.0182 e. The first kappa shape index (κ1) is 31.0. The second kappa shape index (κ2) is 23.1. The Morgan fingerprint density at radius 1 is 0.419 bits per heavy atom. The fraction of sp³-hybridized carbons (Fsp3) is 1.00. The highest BCUT2D eigenvalue weighted by atomic mass is 14.8. The Kier molecular flexibility index (Phi) is 23.1. The van der Waals surface area contributed by atoms with Crippen LogP contribution >= 0.6 is 0 Å². The van der Waals surface area contributed by atoms with Crippen LogP contribution in [0.25, 0.3) is 0 Å². The van der Waals surface area contributed by atoms with E-state index in [1.165, 1.54) is 154 Å². The Labute approximate surface area is 199 Å². The van der Waals surface area contributed by atoms with Crippen molar-refractivity contribution in [1.29, 1.82) is 0 Å². The summed E-state index contributed by atoms with van der Waals surface area (Å²) in [7, 11) is 0. The third kappa shape index (κ3) is 18.1. The molecule has 1 heteroatoms. The molecule has 0 atom stereocenters. The summed E-state index contributed by atoms with van der Waals surface area (Å²) in [6.07, 6.45) is 33.1. The van der Waals surface area contributed by atoms with Gasteiger partial charge < -0.3 is 5.73 Å². The summed E-state index contributed by atoms with van der Waals surface area (Å²) in [5.41, 5.74) is 7.46. The van der Waals surface area contributed by atoms with Crippen LogP contribution in [0.15, 0.2) is 0 Å². The van der Waals surface area contributed by atoms with Crippen molar-refractivity contribution >= 4 is 0 Å². The Morgan fingerprint density at radius 3 is 1.03 bits per heavy atom. The second-order valence-corrected chi connectivity index (χ2v) is 10.7. The number of unbranched alkanes of at least 4 members (excludes halogenated alkanes) is 16. The van der Waals surface area contributed by atoms with Crippen LogP contribution in [0.2, 0.25) is 0 Å². The molecule has 0 heterocycles. The second-order valence-electron chi connectivity index (χ2n) is 10.7. The molecule has 0 aliphatic carbocycles. The molecule has 0 bridgehead atoms. The van der Waals surface area contributed by atoms with Gasteiger partial charge in [0.1, 0.15) is 0 Å². The first-order valence-electron chi connectivity index (χ1n) is 14.9. The molecule has 0 radical (unpaired) electrons. The summed E-state index contributed by atoms with van der Waals surface area (Å²) in [4.78, 5) is 0. The largest absolute Gasteiger partial charge is 0.325 e. The van der Waals surface area contributed by atoms with Gasteiger partial charge in [-0.1, -0.05) is 156 Å². The van der Waals surface area contributed by atoms with Crippen LogP contribution in [0.5, 0.6) is 0 Å². The average Bonchev–Trinajstić information content (AvgIpc) is 2.77. The zero-order valence-electron chi connectivity index (χ0n) is 22.6. The average molecular weight is 438 g/mol. The van der Waals surface area contributed by atoms with Crippen LogP contribution in [0.1, 0.15) is 182 Å². The molecule has 0 unspecified atom stereocenters. The first-order valence-corrected chi connectivity index (χ1v) is 14.9. The van der Waals surface area contributed by atoms with Gasteiger partial charge in [-0.15, -0.1) is 0 Å². The van der Waals surface area contributed by atoms with Gasteiger partial charge in [0.2, 0.25) is 0 Å². The summed E-state index contributed by atoms with van der Waals surface area (Å²) >= 11 is 0. The van der Waals surface area contributed by atoms with E-state index in [1.807, 2.05) is 0 Å². The van der Waals surface area contributed by atoms with Crippen LogP contribution in [0.4, 0.5) is 0 Å². The molecule has 0 aliphatic rings. The Hall–Kier alpha value is -0.0400. The van der Waals surface area contributed by atoms with Gasteiger partial charge in [-0.2, -0.15) is 0 Å². The summed E-state index contributed by atoms with van der Waals surface area (Å²) in [6, 6.07) is 0. The first-order chi connectivity index (χ1) is 15.1. The highest BCUT2D eigenvalue weighted by Gasteiger charge is 2.33. The molecule has 188 valence electrons. The van der Waals surface area contributed by atoms with Crippen molar-refractivity contribution in [3.8, 4) is 0 Å². The van der Waals surface area contributed by atoms with Gasteiger partial charge >= 0.3 is 0 Å². The van der Waals surface area contributed by atoms with Crippen LogP contribution < -0.4 is 5.73 Å². The normalized spacial score (nSPS) is 12.2. The van der Waals surface area contributed by atoms with Crippen LogP contribution in [-0.2, 0) is 0 Å². The van der Waals surface area contributed by atoms with Gasteiger partial charge in [-0.25, -0.2) is 0 Å². The number of rotatable bonds is 25. The molecule has 0 aromatic rings. The van der Waals surface area contributed by atoms with Crippen LogP contribution in [-0.4, -0.2) is 5.54 Å². The van der Waals surface area contributed by atoms with Crippen molar-refractivity contribution < 1.29 is 0 Å². The molecule has 0 saturated carbocycles. The molecule has 0 aromatic heterocycles. The number of hydrogen-bond acceptors (Lipinski definition) is 1. The molecule has 0 spiro atoms. The summed E-state index contributed by atoms with van der Waals surface area (Å²) in [6.45, 7) is 9.27. The minimum atomic E-state index is 0.105. The maximum atomic E-state index is 7.35. The van der Waals surface area contributed by atoms with E-state index in [9.17, 15) is 0 Å².